The normalized spacial score (nSPS) is 10.9. The zero-order valence-corrected chi connectivity index (χ0v) is 14.4. The predicted octanol–water partition coefficient (Wildman–Crippen LogP) is 0.0545. The topological polar surface area (TPSA) is 77.6 Å². The minimum absolute atomic E-state index is 0.209. The zero-order valence-electron chi connectivity index (χ0n) is 14.4. The van der Waals surface area contributed by atoms with Gasteiger partial charge in [-0.15, -0.1) is 0 Å². The molecule has 0 aromatic carbocycles. The standard InChI is InChI=1S/C16H27N5O2/c1-20(2)8-5-6-18-15(22)13-10-14(12-17-11-13)16(23)19-7-9-21(3)4/h10-12H,5-9H2,1-4H3,(H,18,22)(H,19,23). The molecule has 7 nitrogen and oxygen atoms in total. The Balaban J connectivity index is 2.51. The summed E-state index contributed by atoms with van der Waals surface area (Å²) in [5, 5.41) is 5.64. The van der Waals surface area contributed by atoms with E-state index in [-0.39, 0.29) is 11.8 Å². The molecule has 0 unspecified atom stereocenters. The molecule has 1 rings (SSSR count). The van der Waals surface area contributed by atoms with E-state index in [1.165, 1.54) is 12.4 Å². The van der Waals surface area contributed by atoms with Gasteiger partial charge in [-0.2, -0.15) is 0 Å². The molecule has 1 aromatic heterocycles. The summed E-state index contributed by atoms with van der Waals surface area (Å²) in [6.45, 7) is 2.81. The van der Waals surface area contributed by atoms with E-state index in [2.05, 4.69) is 20.5 Å². The molecule has 0 radical (unpaired) electrons. The lowest BCUT2D eigenvalue weighted by Gasteiger charge is -2.11. The van der Waals surface area contributed by atoms with Gasteiger partial charge in [-0.25, -0.2) is 0 Å². The van der Waals surface area contributed by atoms with Gasteiger partial charge in [0.25, 0.3) is 11.8 Å². The molecule has 1 aromatic rings. The number of nitrogens with one attached hydrogen (secondary N) is 2. The number of likely N-dealkylation sites (N-methyl/N-ethyl adjacent to an activating group) is 1. The number of amides is 2. The third-order valence-electron chi connectivity index (χ3n) is 3.17. The van der Waals surface area contributed by atoms with E-state index in [9.17, 15) is 9.59 Å². The molecule has 0 saturated carbocycles. The average Bonchev–Trinajstić information content (AvgIpc) is 2.50. The van der Waals surface area contributed by atoms with Crippen LogP contribution in [0.1, 0.15) is 27.1 Å². The van der Waals surface area contributed by atoms with Gasteiger partial charge < -0.3 is 20.4 Å². The van der Waals surface area contributed by atoms with Crippen LogP contribution in [0.25, 0.3) is 0 Å². The molecular weight excluding hydrogens is 294 g/mol. The number of nitrogens with zero attached hydrogens (tertiary/aromatic N) is 3. The summed E-state index contributed by atoms with van der Waals surface area (Å²) >= 11 is 0. The number of aromatic nitrogens is 1. The predicted molar refractivity (Wildman–Crippen MR) is 90.6 cm³/mol. The maximum Gasteiger partial charge on any atom is 0.252 e. The SMILES string of the molecule is CN(C)CCCNC(=O)c1cncc(C(=O)NCCN(C)C)c1. The molecule has 0 aliphatic rings. The van der Waals surface area contributed by atoms with Gasteiger partial charge in [-0.1, -0.05) is 0 Å². The van der Waals surface area contributed by atoms with Gasteiger partial charge in [0, 0.05) is 32.0 Å². The van der Waals surface area contributed by atoms with Gasteiger partial charge in [-0.3, -0.25) is 14.6 Å². The second-order valence-electron chi connectivity index (χ2n) is 5.93. The van der Waals surface area contributed by atoms with E-state index in [1.54, 1.807) is 6.07 Å². The monoisotopic (exact) mass is 321 g/mol. The van der Waals surface area contributed by atoms with Crippen LogP contribution in [0.3, 0.4) is 0 Å². The Morgan fingerprint density at radius 3 is 1.96 bits per heavy atom. The van der Waals surface area contributed by atoms with Crippen molar-refractivity contribution in [2.45, 2.75) is 6.42 Å². The second kappa shape index (κ2) is 9.91. The molecule has 2 N–H and O–H groups in total. The molecule has 7 heteroatoms. The Bertz CT molecular complexity index is 517. The zero-order chi connectivity index (χ0) is 17.2. The van der Waals surface area contributed by atoms with Gasteiger partial charge in [0.1, 0.15) is 0 Å². The maximum atomic E-state index is 12.1. The molecule has 2 amide bonds. The van der Waals surface area contributed by atoms with Crippen molar-refractivity contribution in [1.29, 1.82) is 0 Å². The first-order chi connectivity index (χ1) is 10.9. The number of hydrogen-bond donors (Lipinski definition) is 2. The van der Waals surface area contributed by atoms with E-state index >= 15 is 0 Å². The molecule has 0 aliphatic carbocycles. The highest BCUT2D eigenvalue weighted by molar-refractivity contribution is 5.99. The molecule has 0 spiro atoms. The highest BCUT2D eigenvalue weighted by Crippen LogP contribution is 2.03. The molecule has 0 atom stereocenters. The van der Waals surface area contributed by atoms with E-state index in [0.717, 1.165) is 19.5 Å². The van der Waals surface area contributed by atoms with Gasteiger partial charge >= 0.3 is 0 Å². The summed E-state index contributed by atoms with van der Waals surface area (Å²) in [6.07, 6.45) is 3.81. The van der Waals surface area contributed by atoms with Gasteiger partial charge in [0.15, 0.2) is 0 Å². The van der Waals surface area contributed by atoms with Crippen LogP contribution >= 0.6 is 0 Å². The van der Waals surface area contributed by atoms with Crippen LogP contribution in [0.2, 0.25) is 0 Å². The molecule has 128 valence electrons. The third-order valence-corrected chi connectivity index (χ3v) is 3.17. The van der Waals surface area contributed by atoms with Crippen molar-refractivity contribution in [1.82, 2.24) is 25.4 Å². The number of carbonyl (C=O) groups is 2. The van der Waals surface area contributed by atoms with E-state index in [0.29, 0.717) is 24.2 Å². The van der Waals surface area contributed by atoms with E-state index in [4.69, 9.17) is 0 Å². The summed E-state index contributed by atoms with van der Waals surface area (Å²) in [5.41, 5.74) is 0.791. The number of hydrogen-bond acceptors (Lipinski definition) is 5. The lowest BCUT2D eigenvalue weighted by Crippen LogP contribution is -2.32. The Hall–Kier alpha value is -1.99. The van der Waals surface area contributed by atoms with Gasteiger partial charge in [0.2, 0.25) is 0 Å². The number of rotatable bonds is 9. The fraction of sp³-hybridized carbons (Fsp3) is 0.562. The minimum atomic E-state index is -0.221. The Kier molecular flexibility index (Phi) is 8.21. The van der Waals surface area contributed by atoms with Crippen molar-refractivity contribution < 1.29 is 9.59 Å². The van der Waals surface area contributed by atoms with Crippen molar-refractivity contribution in [2.24, 2.45) is 0 Å². The van der Waals surface area contributed by atoms with E-state index in [1.807, 2.05) is 33.1 Å². The highest BCUT2D eigenvalue weighted by atomic mass is 16.2. The van der Waals surface area contributed by atoms with E-state index < -0.39 is 0 Å². The second-order valence-corrected chi connectivity index (χ2v) is 5.93. The fourth-order valence-corrected chi connectivity index (χ4v) is 1.88. The Morgan fingerprint density at radius 2 is 1.43 bits per heavy atom. The number of pyridine rings is 1. The van der Waals surface area contributed by atoms with Crippen LogP contribution in [0.15, 0.2) is 18.5 Å². The van der Waals surface area contributed by atoms with Crippen molar-refractivity contribution >= 4 is 11.8 Å². The lowest BCUT2D eigenvalue weighted by atomic mass is 10.2. The molecular formula is C16H27N5O2. The molecule has 0 bridgehead atoms. The minimum Gasteiger partial charge on any atom is -0.352 e. The van der Waals surface area contributed by atoms with Crippen molar-refractivity contribution in [3.63, 3.8) is 0 Å². The van der Waals surface area contributed by atoms with Crippen LogP contribution in [0.4, 0.5) is 0 Å². The Labute approximate surface area is 138 Å². The summed E-state index contributed by atoms with van der Waals surface area (Å²) in [4.78, 5) is 32.1. The molecule has 0 fully saturated rings. The largest absolute Gasteiger partial charge is 0.352 e. The lowest BCUT2D eigenvalue weighted by molar-refractivity contribution is 0.0950. The molecule has 0 saturated heterocycles. The summed E-state index contributed by atoms with van der Waals surface area (Å²) < 4.78 is 0. The van der Waals surface area contributed by atoms with Crippen LogP contribution in [0.5, 0.6) is 0 Å². The van der Waals surface area contributed by atoms with Crippen LogP contribution in [0, 0.1) is 0 Å². The Morgan fingerprint density at radius 1 is 0.913 bits per heavy atom. The first-order valence-corrected chi connectivity index (χ1v) is 7.71. The molecule has 1 heterocycles. The quantitative estimate of drug-likeness (QED) is 0.629. The third kappa shape index (κ3) is 7.71. The maximum absolute atomic E-state index is 12.1. The van der Waals surface area contributed by atoms with Gasteiger partial charge in [0.05, 0.1) is 11.1 Å². The van der Waals surface area contributed by atoms with Crippen molar-refractivity contribution in [3.8, 4) is 0 Å². The first kappa shape index (κ1) is 19.1. The highest BCUT2D eigenvalue weighted by Gasteiger charge is 2.11. The molecule has 23 heavy (non-hydrogen) atoms. The average molecular weight is 321 g/mol. The van der Waals surface area contributed by atoms with Crippen molar-refractivity contribution in [2.75, 3.05) is 54.4 Å². The summed E-state index contributed by atoms with van der Waals surface area (Å²) in [5.74, 6) is -0.430. The van der Waals surface area contributed by atoms with Crippen LogP contribution in [-0.4, -0.2) is 81.0 Å². The summed E-state index contributed by atoms with van der Waals surface area (Å²) in [6, 6.07) is 1.57. The molecule has 0 aliphatic heterocycles. The first-order valence-electron chi connectivity index (χ1n) is 7.71. The smallest absolute Gasteiger partial charge is 0.252 e. The van der Waals surface area contributed by atoms with Gasteiger partial charge in [-0.05, 0) is 47.2 Å². The number of carbonyl (C=O) groups excluding carboxylic acids is 2. The van der Waals surface area contributed by atoms with Crippen LogP contribution in [-0.2, 0) is 0 Å². The fourth-order valence-electron chi connectivity index (χ4n) is 1.88. The van der Waals surface area contributed by atoms with Crippen LogP contribution < -0.4 is 10.6 Å². The summed E-state index contributed by atoms with van der Waals surface area (Å²) in [7, 11) is 7.86. The van der Waals surface area contributed by atoms with Crippen molar-refractivity contribution in [3.05, 3.63) is 29.6 Å².